The molecule has 1 amide bonds. The first kappa shape index (κ1) is 21.2. The SMILES string of the molecule is CN(C)c1ccc(OC2CCCN(C(=O)CC3CSc4nc5c(c(=O)n43)CCC5)C2)nn1. The molecule has 1 fully saturated rings. The third-order valence-electron chi connectivity index (χ3n) is 6.39. The Bertz CT molecular complexity index is 1070. The Morgan fingerprint density at radius 3 is 2.91 bits per heavy atom. The van der Waals surface area contributed by atoms with Crippen LogP contribution in [0.1, 0.15) is 43.0 Å². The van der Waals surface area contributed by atoms with Crippen molar-refractivity contribution in [3.05, 3.63) is 33.7 Å². The highest BCUT2D eigenvalue weighted by atomic mass is 32.2. The highest BCUT2D eigenvalue weighted by Crippen LogP contribution is 2.34. The molecule has 9 nitrogen and oxygen atoms in total. The van der Waals surface area contributed by atoms with E-state index in [1.54, 1.807) is 16.3 Å². The molecule has 32 heavy (non-hydrogen) atoms. The molecule has 2 aromatic heterocycles. The van der Waals surface area contributed by atoms with Crippen molar-refractivity contribution in [2.45, 2.75) is 55.8 Å². The second kappa shape index (κ2) is 8.73. The lowest BCUT2D eigenvalue weighted by Gasteiger charge is -2.33. The van der Waals surface area contributed by atoms with Gasteiger partial charge in [-0.2, -0.15) is 0 Å². The van der Waals surface area contributed by atoms with E-state index in [1.165, 1.54) is 0 Å². The zero-order valence-corrected chi connectivity index (χ0v) is 19.3. The summed E-state index contributed by atoms with van der Waals surface area (Å²) in [5.74, 6) is 2.03. The van der Waals surface area contributed by atoms with Crippen LogP contribution in [-0.2, 0) is 17.6 Å². The number of fused-ring (bicyclic) bond motifs is 2. The van der Waals surface area contributed by atoms with E-state index >= 15 is 0 Å². The second-order valence-electron chi connectivity index (χ2n) is 8.86. The summed E-state index contributed by atoms with van der Waals surface area (Å²) in [7, 11) is 3.82. The van der Waals surface area contributed by atoms with Crippen LogP contribution in [0.4, 0.5) is 5.82 Å². The summed E-state index contributed by atoms with van der Waals surface area (Å²) in [6, 6.07) is 3.55. The first-order valence-electron chi connectivity index (χ1n) is 11.2. The Hall–Kier alpha value is -2.62. The Labute approximate surface area is 191 Å². The number of likely N-dealkylation sites (tertiary alicyclic amines) is 1. The lowest BCUT2D eigenvalue weighted by molar-refractivity contribution is -0.134. The molecule has 2 aliphatic heterocycles. The molecule has 10 heteroatoms. The van der Waals surface area contributed by atoms with Gasteiger partial charge in [-0.25, -0.2) is 4.98 Å². The number of hydrogen-bond donors (Lipinski definition) is 0. The van der Waals surface area contributed by atoms with Crippen molar-refractivity contribution in [1.82, 2.24) is 24.6 Å². The van der Waals surface area contributed by atoms with Gasteiger partial charge in [0.1, 0.15) is 6.10 Å². The number of aromatic nitrogens is 4. The van der Waals surface area contributed by atoms with Crippen LogP contribution in [0.15, 0.2) is 22.1 Å². The minimum absolute atomic E-state index is 0.0601. The van der Waals surface area contributed by atoms with E-state index in [4.69, 9.17) is 9.72 Å². The molecular weight excluding hydrogens is 428 g/mol. The summed E-state index contributed by atoms with van der Waals surface area (Å²) < 4.78 is 7.78. The topological polar surface area (TPSA) is 93.5 Å². The Morgan fingerprint density at radius 2 is 2.12 bits per heavy atom. The lowest BCUT2D eigenvalue weighted by atomic mass is 10.1. The normalized spacial score (nSPS) is 21.9. The molecule has 0 radical (unpaired) electrons. The van der Waals surface area contributed by atoms with Crippen LogP contribution in [0.25, 0.3) is 0 Å². The fourth-order valence-corrected chi connectivity index (χ4v) is 5.83. The molecule has 2 unspecified atom stereocenters. The molecule has 0 spiro atoms. The van der Waals surface area contributed by atoms with Crippen molar-refractivity contribution < 1.29 is 9.53 Å². The largest absolute Gasteiger partial charge is 0.471 e. The molecule has 0 saturated carbocycles. The molecule has 3 aliphatic rings. The number of aryl methyl sites for hydroxylation is 1. The molecule has 4 heterocycles. The quantitative estimate of drug-likeness (QED) is 0.628. The minimum atomic E-state index is -0.126. The molecule has 0 bridgehead atoms. The number of hydrogen-bond acceptors (Lipinski definition) is 8. The molecule has 0 aromatic carbocycles. The summed E-state index contributed by atoms with van der Waals surface area (Å²) in [5.41, 5.74) is 1.87. The second-order valence-corrected chi connectivity index (χ2v) is 9.85. The number of thioether (sulfide) groups is 1. The van der Waals surface area contributed by atoms with E-state index < -0.39 is 0 Å². The van der Waals surface area contributed by atoms with Crippen LogP contribution in [0, 0.1) is 0 Å². The Kier molecular flexibility index (Phi) is 5.79. The zero-order chi connectivity index (χ0) is 22.2. The number of anilines is 1. The van der Waals surface area contributed by atoms with Gasteiger partial charge in [0.25, 0.3) is 5.56 Å². The van der Waals surface area contributed by atoms with Crippen LogP contribution in [0.3, 0.4) is 0 Å². The van der Waals surface area contributed by atoms with Crippen molar-refractivity contribution in [2.24, 2.45) is 0 Å². The molecule has 1 aliphatic carbocycles. The molecule has 0 N–H and O–H groups in total. The van der Waals surface area contributed by atoms with Crippen LogP contribution < -0.4 is 15.2 Å². The highest BCUT2D eigenvalue weighted by Gasteiger charge is 2.33. The van der Waals surface area contributed by atoms with E-state index in [0.717, 1.165) is 60.1 Å². The smallest absolute Gasteiger partial charge is 0.257 e. The average Bonchev–Trinajstić information content (AvgIpc) is 3.42. The van der Waals surface area contributed by atoms with Crippen molar-refractivity contribution >= 4 is 23.5 Å². The monoisotopic (exact) mass is 456 g/mol. The molecule has 1 saturated heterocycles. The van der Waals surface area contributed by atoms with Gasteiger partial charge in [-0.3, -0.25) is 14.2 Å². The van der Waals surface area contributed by atoms with Gasteiger partial charge in [-0.15, -0.1) is 10.2 Å². The highest BCUT2D eigenvalue weighted by molar-refractivity contribution is 7.99. The molecule has 2 atom stereocenters. The van der Waals surface area contributed by atoms with Gasteiger partial charge in [-0.1, -0.05) is 11.8 Å². The van der Waals surface area contributed by atoms with Gasteiger partial charge in [0.2, 0.25) is 11.8 Å². The maximum atomic E-state index is 13.1. The predicted molar refractivity (Wildman–Crippen MR) is 121 cm³/mol. The van der Waals surface area contributed by atoms with Crippen LogP contribution in [0.5, 0.6) is 5.88 Å². The molecular formula is C22H28N6O3S. The fraction of sp³-hybridized carbons (Fsp3) is 0.591. The van der Waals surface area contributed by atoms with E-state index in [0.29, 0.717) is 25.4 Å². The average molecular weight is 457 g/mol. The van der Waals surface area contributed by atoms with Gasteiger partial charge >= 0.3 is 0 Å². The van der Waals surface area contributed by atoms with Crippen molar-refractivity contribution in [3.63, 3.8) is 0 Å². The molecule has 2 aromatic rings. The van der Waals surface area contributed by atoms with Gasteiger partial charge in [0.15, 0.2) is 11.0 Å². The summed E-state index contributed by atoms with van der Waals surface area (Å²) >= 11 is 1.59. The zero-order valence-electron chi connectivity index (χ0n) is 18.5. The van der Waals surface area contributed by atoms with E-state index in [1.807, 2.05) is 36.0 Å². The first-order valence-corrected chi connectivity index (χ1v) is 12.2. The Morgan fingerprint density at radius 1 is 1.25 bits per heavy atom. The lowest BCUT2D eigenvalue weighted by Crippen LogP contribution is -2.45. The molecule has 170 valence electrons. The van der Waals surface area contributed by atoms with E-state index in [-0.39, 0.29) is 23.6 Å². The van der Waals surface area contributed by atoms with Crippen LogP contribution in [-0.4, -0.2) is 69.6 Å². The first-order chi connectivity index (χ1) is 15.5. The minimum Gasteiger partial charge on any atom is -0.471 e. The number of carbonyl (C=O) groups excluding carboxylic acids is 1. The fourth-order valence-electron chi connectivity index (χ4n) is 4.68. The van der Waals surface area contributed by atoms with Crippen molar-refractivity contribution in [1.29, 1.82) is 0 Å². The predicted octanol–water partition coefficient (Wildman–Crippen LogP) is 1.69. The van der Waals surface area contributed by atoms with Crippen LogP contribution >= 0.6 is 11.8 Å². The summed E-state index contributed by atoms with van der Waals surface area (Å²) in [5, 5.41) is 9.07. The number of piperidine rings is 1. The summed E-state index contributed by atoms with van der Waals surface area (Å²) in [6.45, 7) is 1.24. The standard InChI is InChI=1S/C22H28N6O3S/c1-26(2)18-8-9-19(25-24-18)31-15-5-4-10-27(12-15)20(29)11-14-13-32-22-23-17-7-3-6-16(17)21(30)28(14)22/h8-9,14-15H,3-7,10-13H2,1-2H3. The van der Waals surface area contributed by atoms with E-state index in [9.17, 15) is 9.59 Å². The summed E-state index contributed by atoms with van der Waals surface area (Å²) in [6.07, 6.45) is 4.65. The van der Waals surface area contributed by atoms with E-state index in [2.05, 4.69) is 10.2 Å². The molecule has 5 rings (SSSR count). The van der Waals surface area contributed by atoms with Gasteiger partial charge in [0.05, 0.1) is 18.3 Å². The van der Waals surface area contributed by atoms with Crippen molar-refractivity contribution in [2.75, 3.05) is 37.8 Å². The van der Waals surface area contributed by atoms with Gasteiger partial charge in [0, 0.05) is 44.4 Å². The third kappa shape index (κ3) is 4.07. The number of carbonyl (C=O) groups is 1. The Balaban J connectivity index is 1.23. The number of nitrogens with zero attached hydrogens (tertiary/aromatic N) is 6. The van der Waals surface area contributed by atoms with Crippen molar-refractivity contribution in [3.8, 4) is 5.88 Å². The van der Waals surface area contributed by atoms with Crippen LogP contribution in [0.2, 0.25) is 0 Å². The maximum Gasteiger partial charge on any atom is 0.257 e. The van der Waals surface area contributed by atoms with Gasteiger partial charge < -0.3 is 14.5 Å². The third-order valence-corrected chi connectivity index (χ3v) is 7.48. The van der Waals surface area contributed by atoms with Gasteiger partial charge in [-0.05, 0) is 38.2 Å². The number of ether oxygens (including phenoxy) is 1. The maximum absolute atomic E-state index is 13.1. The number of amides is 1. The summed E-state index contributed by atoms with van der Waals surface area (Å²) in [4.78, 5) is 34.6. The number of rotatable bonds is 5.